The van der Waals surface area contributed by atoms with Gasteiger partial charge in [0, 0.05) is 12.1 Å². The first-order valence-electron chi connectivity index (χ1n) is 12.4. The van der Waals surface area contributed by atoms with Crippen molar-refractivity contribution in [2.75, 3.05) is 18.6 Å². The van der Waals surface area contributed by atoms with Crippen molar-refractivity contribution in [1.82, 2.24) is 10.0 Å². The summed E-state index contributed by atoms with van der Waals surface area (Å²) in [5, 5.41) is 12.2. The van der Waals surface area contributed by atoms with Crippen LogP contribution in [0, 0.1) is 12.8 Å². The Bertz CT molecular complexity index is 1160. The number of rotatable bonds is 12. The molecule has 0 heterocycles. The highest BCUT2D eigenvalue weighted by atomic mass is 32.2. The van der Waals surface area contributed by atoms with Gasteiger partial charge < -0.3 is 10.4 Å². The second kappa shape index (κ2) is 13.3. The molecule has 3 rings (SSSR count). The topological polar surface area (TPSA) is 113 Å². The molecule has 1 saturated carbocycles. The first kappa shape index (κ1) is 28.2. The highest BCUT2D eigenvalue weighted by molar-refractivity contribution is 7.98. The number of thioether (sulfide) groups is 1. The summed E-state index contributed by atoms with van der Waals surface area (Å²) < 4.78 is 28.4. The third-order valence-electron chi connectivity index (χ3n) is 6.65. The molecule has 1 fully saturated rings. The van der Waals surface area contributed by atoms with Crippen LogP contribution in [0.2, 0.25) is 0 Å². The molecule has 1 atom stereocenters. The minimum absolute atomic E-state index is 0.189. The van der Waals surface area contributed by atoms with Crippen molar-refractivity contribution in [3.05, 3.63) is 59.2 Å². The van der Waals surface area contributed by atoms with Crippen molar-refractivity contribution < 1.29 is 23.1 Å². The van der Waals surface area contributed by atoms with E-state index in [1.807, 2.05) is 37.4 Å². The third-order valence-corrected chi connectivity index (χ3v) is 8.62. The zero-order valence-corrected chi connectivity index (χ0v) is 22.6. The number of amides is 1. The smallest absolute Gasteiger partial charge is 0.326 e. The van der Waals surface area contributed by atoms with Crippen molar-refractivity contribution in [2.24, 2.45) is 5.92 Å². The van der Waals surface area contributed by atoms with Crippen LogP contribution in [0.1, 0.15) is 60.0 Å². The van der Waals surface area contributed by atoms with Gasteiger partial charge in [0.25, 0.3) is 5.91 Å². The molecule has 1 aliphatic rings. The molecule has 1 unspecified atom stereocenters. The fourth-order valence-electron chi connectivity index (χ4n) is 4.61. The van der Waals surface area contributed by atoms with Gasteiger partial charge in [0.2, 0.25) is 10.0 Å². The second-order valence-corrected chi connectivity index (χ2v) is 12.2. The van der Waals surface area contributed by atoms with E-state index in [1.54, 1.807) is 18.2 Å². The third kappa shape index (κ3) is 8.08. The number of carbonyl (C=O) groups excluding carboxylic acids is 1. The summed E-state index contributed by atoms with van der Waals surface area (Å²) >= 11 is 1.51. The molecule has 196 valence electrons. The van der Waals surface area contributed by atoms with Gasteiger partial charge in [0.05, 0.1) is 5.75 Å². The van der Waals surface area contributed by atoms with E-state index in [9.17, 15) is 23.1 Å². The van der Waals surface area contributed by atoms with Crippen molar-refractivity contribution in [1.29, 1.82) is 0 Å². The van der Waals surface area contributed by atoms with Crippen molar-refractivity contribution in [2.45, 2.75) is 57.2 Å². The van der Waals surface area contributed by atoms with Crippen LogP contribution in [0.5, 0.6) is 0 Å². The Morgan fingerprint density at radius 3 is 2.47 bits per heavy atom. The van der Waals surface area contributed by atoms with E-state index in [-0.39, 0.29) is 5.75 Å². The number of benzene rings is 2. The normalized spacial score (nSPS) is 15.4. The molecule has 0 bridgehead atoms. The van der Waals surface area contributed by atoms with Crippen molar-refractivity contribution >= 4 is 33.7 Å². The zero-order chi connectivity index (χ0) is 26.1. The standard InChI is InChI=1S/C27H36N2O5S2/c1-19-8-6-7-11-22(19)24-16-21(18-36(33,34)28-17-20-9-4-3-5-10-20)12-13-23(24)26(30)29-25(27(31)32)14-15-35-2/h6-8,11-13,16,20,25,28H,3-5,9-10,14-15,17-18H2,1-2H3,(H,29,30)(H,31,32). The molecule has 0 aromatic heterocycles. The van der Waals surface area contributed by atoms with Gasteiger partial charge in [-0.1, -0.05) is 49.6 Å². The van der Waals surface area contributed by atoms with Crippen LogP contribution in [0.25, 0.3) is 11.1 Å². The monoisotopic (exact) mass is 532 g/mol. The van der Waals surface area contributed by atoms with E-state index in [1.165, 1.54) is 18.2 Å². The number of hydrogen-bond acceptors (Lipinski definition) is 5. The molecule has 0 aliphatic heterocycles. The predicted octanol–water partition coefficient (Wildman–Crippen LogP) is 4.60. The van der Waals surface area contributed by atoms with E-state index in [0.717, 1.165) is 36.8 Å². The molecule has 7 nitrogen and oxygen atoms in total. The Hall–Kier alpha value is -2.36. The largest absolute Gasteiger partial charge is 0.480 e. The van der Waals surface area contributed by atoms with Gasteiger partial charge in [-0.3, -0.25) is 4.79 Å². The number of aliphatic carboxylic acids is 1. The molecule has 3 N–H and O–H groups in total. The molecule has 2 aromatic carbocycles. The maximum absolute atomic E-state index is 13.2. The second-order valence-electron chi connectivity index (χ2n) is 9.45. The molecular formula is C27H36N2O5S2. The van der Waals surface area contributed by atoms with E-state index in [2.05, 4.69) is 10.0 Å². The number of carboxylic acid groups (broad SMARTS) is 1. The van der Waals surface area contributed by atoms with Gasteiger partial charge in [0.15, 0.2) is 0 Å². The van der Waals surface area contributed by atoms with Gasteiger partial charge >= 0.3 is 5.97 Å². The molecule has 2 aromatic rings. The summed E-state index contributed by atoms with van der Waals surface area (Å²) in [6.45, 7) is 2.38. The lowest BCUT2D eigenvalue weighted by atomic mass is 9.90. The average molecular weight is 533 g/mol. The molecule has 0 radical (unpaired) electrons. The van der Waals surface area contributed by atoms with Gasteiger partial charge in [-0.15, -0.1) is 0 Å². The van der Waals surface area contributed by atoms with E-state index >= 15 is 0 Å². The number of carbonyl (C=O) groups is 2. The SMILES string of the molecule is CSCCC(NC(=O)c1ccc(CS(=O)(=O)NCC2CCCCC2)cc1-c1ccccc1C)C(=O)O. The average Bonchev–Trinajstić information content (AvgIpc) is 2.85. The van der Waals surface area contributed by atoms with Crippen LogP contribution in [0.4, 0.5) is 0 Å². The Labute approximate surface area is 218 Å². The Balaban J connectivity index is 1.86. The maximum Gasteiger partial charge on any atom is 0.326 e. The number of carboxylic acids is 1. The van der Waals surface area contributed by atoms with E-state index < -0.39 is 27.9 Å². The highest BCUT2D eigenvalue weighted by Gasteiger charge is 2.24. The Morgan fingerprint density at radius 2 is 1.81 bits per heavy atom. The minimum atomic E-state index is -3.55. The fraction of sp³-hybridized carbons (Fsp3) is 0.481. The van der Waals surface area contributed by atoms with Gasteiger partial charge in [-0.2, -0.15) is 11.8 Å². The van der Waals surface area contributed by atoms with Crippen molar-refractivity contribution in [3.8, 4) is 11.1 Å². The molecule has 9 heteroatoms. The van der Waals surface area contributed by atoms with Gasteiger partial charge in [-0.05, 0) is 78.5 Å². The van der Waals surface area contributed by atoms with Crippen molar-refractivity contribution in [3.63, 3.8) is 0 Å². The lowest BCUT2D eigenvalue weighted by molar-refractivity contribution is -0.139. The number of sulfonamides is 1. The lowest BCUT2D eigenvalue weighted by Crippen LogP contribution is -2.41. The summed E-state index contributed by atoms with van der Waals surface area (Å²) in [7, 11) is -3.55. The molecule has 0 saturated heterocycles. The summed E-state index contributed by atoms with van der Waals surface area (Å²) in [6, 6.07) is 11.5. The molecular weight excluding hydrogens is 496 g/mol. The van der Waals surface area contributed by atoms with Crippen LogP contribution >= 0.6 is 11.8 Å². The maximum atomic E-state index is 13.2. The highest BCUT2D eigenvalue weighted by Crippen LogP contribution is 2.29. The Kier molecular flexibility index (Phi) is 10.4. The summed E-state index contributed by atoms with van der Waals surface area (Å²) in [5.41, 5.74) is 3.20. The van der Waals surface area contributed by atoms with Gasteiger partial charge in [0.1, 0.15) is 6.04 Å². The summed E-state index contributed by atoms with van der Waals surface area (Å²) in [4.78, 5) is 24.9. The minimum Gasteiger partial charge on any atom is -0.480 e. The quantitative estimate of drug-likeness (QED) is 0.368. The fourth-order valence-corrected chi connectivity index (χ4v) is 6.29. The Morgan fingerprint density at radius 1 is 1.08 bits per heavy atom. The first-order valence-corrected chi connectivity index (χ1v) is 15.4. The zero-order valence-electron chi connectivity index (χ0n) is 21.0. The number of hydrogen-bond donors (Lipinski definition) is 3. The predicted molar refractivity (Wildman–Crippen MR) is 146 cm³/mol. The molecule has 0 spiro atoms. The van der Waals surface area contributed by atoms with Crippen LogP contribution in [0.15, 0.2) is 42.5 Å². The number of nitrogens with one attached hydrogen (secondary N) is 2. The van der Waals surface area contributed by atoms with Crippen LogP contribution in [-0.4, -0.2) is 50.0 Å². The molecule has 36 heavy (non-hydrogen) atoms. The van der Waals surface area contributed by atoms with Crippen LogP contribution in [-0.2, 0) is 20.6 Å². The molecule has 1 aliphatic carbocycles. The lowest BCUT2D eigenvalue weighted by Gasteiger charge is -2.21. The molecule has 1 amide bonds. The van der Waals surface area contributed by atoms with E-state index in [4.69, 9.17) is 0 Å². The van der Waals surface area contributed by atoms with Crippen LogP contribution < -0.4 is 10.0 Å². The number of aryl methyl sites for hydroxylation is 1. The van der Waals surface area contributed by atoms with Gasteiger partial charge in [-0.25, -0.2) is 17.9 Å². The van der Waals surface area contributed by atoms with E-state index in [0.29, 0.717) is 41.3 Å². The summed E-state index contributed by atoms with van der Waals surface area (Å²) in [5.74, 6) is -0.776. The van der Waals surface area contributed by atoms with Crippen LogP contribution in [0.3, 0.4) is 0 Å². The first-order chi connectivity index (χ1) is 17.2. The summed E-state index contributed by atoms with van der Waals surface area (Å²) in [6.07, 6.45) is 7.82.